The van der Waals surface area contributed by atoms with Crippen molar-refractivity contribution in [3.63, 3.8) is 0 Å². The third-order valence-corrected chi connectivity index (χ3v) is 6.13. The van der Waals surface area contributed by atoms with Crippen molar-refractivity contribution < 1.29 is 4.74 Å². The zero-order chi connectivity index (χ0) is 22.0. The zero-order valence-electron chi connectivity index (χ0n) is 18.6. The highest BCUT2D eigenvalue weighted by Gasteiger charge is 2.29. The van der Waals surface area contributed by atoms with E-state index in [2.05, 4.69) is 47.0 Å². The molecule has 1 unspecified atom stereocenters. The average Bonchev–Trinajstić information content (AvgIpc) is 2.81. The number of allylic oxidation sites excluding steroid dienone is 1. The summed E-state index contributed by atoms with van der Waals surface area (Å²) < 4.78 is 5.62. The van der Waals surface area contributed by atoms with Crippen LogP contribution in [0.5, 0.6) is 5.75 Å². The first-order valence-electron chi connectivity index (χ1n) is 10.7. The van der Waals surface area contributed by atoms with Crippen molar-refractivity contribution in [3.8, 4) is 5.75 Å². The highest BCUT2D eigenvalue weighted by molar-refractivity contribution is 5.91. The quantitative estimate of drug-likeness (QED) is 0.708. The number of ether oxygens (including phenoxy) is 1. The highest BCUT2D eigenvalue weighted by atomic mass is 16.5. The second-order valence-electron chi connectivity index (χ2n) is 8.24. The number of likely N-dealkylation sites (N-methyl/N-ethyl adjacent to an activating group) is 1. The van der Waals surface area contributed by atoms with Gasteiger partial charge in [-0.1, -0.05) is 24.8 Å². The van der Waals surface area contributed by atoms with Gasteiger partial charge in [0.1, 0.15) is 5.75 Å². The van der Waals surface area contributed by atoms with Gasteiger partial charge >= 0.3 is 0 Å². The molecule has 0 aliphatic carbocycles. The number of hydrogen-bond acceptors (Lipinski definition) is 5. The van der Waals surface area contributed by atoms with Gasteiger partial charge in [0.15, 0.2) is 0 Å². The van der Waals surface area contributed by atoms with Crippen LogP contribution in [0.2, 0.25) is 0 Å². The van der Waals surface area contributed by atoms with Crippen molar-refractivity contribution in [2.45, 2.75) is 19.8 Å². The van der Waals surface area contributed by atoms with E-state index in [1.807, 2.05) is 31.3 Å². The largest absolute Gasteiger partial charge is 0.496 e. The molecule has 0 N–H and O–H groups in total. The van der Waals surface area contributed by atoms with Crippen LogP contribution in [0.15, 0.2) is 72.6 Å². The minimum absolute atomic E-state index is 0.337. The molecule has 0 spiro atoms. The molecule has 4 rings (SSSR count). The number of rotatable bonds is 4. The monoisotopic (exact) mass is 414 g/mol. The summed E-state index contributed by atoms with van der Waals surface area (Å²) in [4.78, 5) is 13.6. The molecule has 1 aromatic carbocycles. The minimum Gasteiger partial charge on any atom is -0.496 e. The van der Waals surface area contributed by atoms with Crippen molar-refractivity contribution in [2.75, 3.05) is 27.2 Å². The van der Waals surface area contributed by atoms with Crippen molar-refractivity contribution in [1.82, 2.24) is 14.8 Å². The average molecular weight is 415 g/mol. The van der Waals surface area contributed by atoms with Crippen molar-refractivity contribution in [2.24, 2.45) is 10.9 Å². The lowest BCUT2D eigenvalue weighted by molar-refractivity contribution is 0.275. The number of methoxy groups -OCH3 is 1. The number of aromatic nitrogens is 1. The van der Waals surface area contributed by atoms with Gasteiger partial charge in [0, 0.05) is 55.3 Å². The Bertz CT molecular complexity index is 1050. The van der Waals surface area contributed by atoms with E-state index in [1.54, 1.807) is 19.5 Å². The van der Waals surface area contributed by atoms with Gasteiger partial charge in [0.25, 0.3) is 0 Å². The molecule has 2 aliphatic heterocycles. The second-order valence-corrected chi connectivity index (χ2v) is 8.24. The molecule has 1 aromatic heterocycles. The van der Waals surface area contributed by atoms with Crippen LogP contribution in [-0.4, -0.2) is 48.0 Å². The lowest BCUT2D eigenvalue weighted by atomic mass is 9.86. The van der Waals surface area contributed by atoms with Crippen LogP contribution in [0, 0.1) is 12.8 Å². The van der Waals surface area contributed by atoms with Crippen LogP contribution >= 0.6 is 0 Å². The van der Waals surface area contributed by atoms with Crippen molar-refractivity contribution in [3.05, 3.63) is 84.3 Å². The van der Waals surface area contributed by atoms with Crippen molar-refractivity contribution >= 4 is 17.2 Å². The summed E-state index contributed by atoms with van der Waals surface area (Å²) in [5, 5.41) is 0. The molecule has 31 heavy (non-hydrogen) atoms. The Morgan fingerprint density at radius 3 is 2.71 bits per heavy atom. The van der Waals surface area contributed by atoms with Gasteiger partial charge in [-0.25, -0.2) is 4.99 Å². The maximum absolute atomic E-state index is 5.62. The molecular weight excluding hydrogens is 384 g/mol. The zero-order valence-corrected chi connectivity index (χ0v) is 18.6. The molecule has 2 aliphatic rings. The number of nitrogens with zero attached hydrogens (tertiary/aromatic N) is 4. The molecule has 0 bridgehead atoms. The van der Waals surface area contributed by atoms with Gasteiger partial charge in [0.05, 0.1) is 12.8 Å². The summed E-state index contributed by atoms with van der Waals surface area (Å²) in [6, 6.07) is 10.3. The Kier molecular flexibility index (Phi) is 5.94. The number of aryl methyl sites for hydroxylation is 1. The van der Waals surface area contributed by atoms with Crippen LogP contribution in [0.1, 0.15) is 29.5 Å². The third-order valence-electron chi connectivity index (χ3n) is 6.13. The SMILES string of the molecule is C=C(c1cc(C)ccc1OC)C1CCCN(C2=NC(c3ccncc3)=CC(=C)N2C)C1. The summed E-state index contributed by atoms with van der Waals surface area (Å²) in [6.45, 7) is 12.7. The maximum Gasteiger partial charge on any atom is 0.206 e. The van der Waals surface area contributed by atoms with Crippen LogP contribution in [-0.2, 0) is 0 Å². The Labute approximate surface area is 185 Å². The fourth-order valence-electron chi connectivity index (χ4n) is 4.29. The topological polar surface area (TPSA) is 41.0 Å². The van der Waals surface area contributed by atoms with Crippen LogP contribution in [0.4, 0.5) is 0 Å². The third kappa shape index (κ3) is 4.26. The molecule has 2 aromatic rings. The van der Waals surface area contributed by atoms with E-state index >= 15 is 0 Å². The summed E-state index contributed by atoms with van der Waals surface area (Å²) in [5.74, 6) is 2.16. The predicted molar refractivity (Wildman–Crippen MR) is 128 cm³/mol. The van der Waals surface area contributed by atoms with E-state index < -0.39 is 0 Å². The van der Waals surface area contributed by atoms with Gasteiger partial charge in [-0.2, -0.15) is 0 Å². The predicted octanol–water partition coefficient (Wildman–Crippen LogP) is 4.98. The molecule has 5 nitrogen and oxygen atoms in total. The molecule has 3 heterocycles. The lowest BCUT2D eigenvalue weighted by Gasteiger charge is -2.40. The molecule has 0 radical (unpaired) electrons. The van der Waals surface area contributed by atoms with E-state index in [-0.39, 0.29) is 0 Å². The fourth-order valence-corrected chi connectivity index (χ4v) is 4.29. The number of benzene rings is 1. The highest BCUT2D eigenvalue weighted by Crippen LogP contribution is 2.36. The summed E-state index contributed by atoms with van der Waals surface area (Å²) in [6.07, 6.45) is 7.81. The first-order valence-corrected chi connectivity index (χ1v) is 10.7. The number of pyridine rings is 1. The summed E-state index contributed by atoms with van der Waals surface area (Å²) in [7, 11) is 3.75. The molecule has 5 heteroatoms. The van der Waals surface area contributed by atoms with E-state index in [0.29, 0.717) is 5.92 Å². The standard InChI is InChI=1S/C26H30N4O/c1-18-8-9-25(31-5)23(15-18)20(3)22-7-6-14-30(17-22)26-28-24(16-19(2)29(26)4)21-10-12-27-13-11-21/h8-13,15-16,22H,2-3,6-7,14,17H2,1,4-5H3. The van der Waals surface area contributed by atoms with Gasteiger partial charge in [-0.05, 0) is 55.7 Å². The van der Waals surface area contributed by atoms with Crippen LogP contribution in [0.25, 0.3) is 11.3 Å². The Balaban J connectivity index is 1.60. The minimum atomic E-state index is 0.337. The summed E-state index contributed by atoms with van der Waals surface area (Å²) >= 11 is 0. The van der Waals surface area contributed by atoms with Crippen LogP contribution < -0.4 is 4.74 Å². The Morgan fingerprint density at radius 1 is 1.19 bits per heavy atom. The Morgan fingerprint density at radius 2 is 1.97 bits per heavy atom. The molecule has 1 saturated heterocycles. The molecule has 0 amide bonds. The van der Waals surface area contributed by atoms with Gasteiger partial charge in [0.2, 0.25) is 5.96 Å². The van der Waals surface area contributed by atoms with Gasteiger partial charge < -0.3 is 14.5 Å². The lowest BCUT2D eigenvalue weighted by Crippen LogP contribution is -2.47. The number of hydrogen-bond donors (Lipinski definition) is 0. The number of guanidine groups is 1. The summed E-state index contributed by atoms with van der Waals surface area (Å²) in [5.41, 5.74) is 6.34. The molecule has 1 fully saturated rings. The number of aliphatic imine (C=N–C) groups is 1. The Hall–Kier alpha value is -3.34. The van der Waals surface area contributed by atoms with Gasteiger partial charge in [-0.15, -0.1) is 0 Å². The van der Waals surface area contributed by atoms with E-state index in [1.165, 1.54) is 5.56 Å². The number of likely N-dealkylation sites (tertiary alicyclic amines) is 1. The second kappa shape index (κ2) is 8.80. The molecule has 1 atom stereocenters. The number of piperidine rings is 1. The molecule has 160 valence electrons. The smallest absolute Gasteiger partial charge is 0.206 e. The molecular formula is C26H30N4O. The van der Waals surface area contributed by atoms with Crippen molar-refractivity contribution in [1.29, 1.82) is 0 Å². The van der Waals surface area contributed by atoms with Crippen LogP contribution in [0.3, 0.4) is 0 Å². The van der Waals surface area contributed by atoms with E-state index in [4.69, 9.17) is 9.73 Å². The van der Waals surface area contributed by atoms with E-state index in [9.17, 15) is 0 Å². The first-order chi connectivity index (χ1) is 15.0. The molecule has 0 saturated carbocycles. The van der Waals surface area contributed by atoms with E-state index in [0.717, 1.165) is 65.7 Å². The van der Waals surface area contributed by atoms with Gasteiger partial charge in [-0.3, -0.25) is 4.98 Å². The maximum atomic E-state index is 5.62. The fraction of sp³-hybridized carbons (Fsp3) is 0.308. The first kappa shape index (κ1) is 20.9. The normalized spacial score (nSPS) is 19.1.